The molecule has 112 valence electrons. The molecule has 0 aromatic heterocycles. The van der Waals surface area contributed by atoms with Crippen LogP contribution >= 0.6 is 24.0 Å². The van der Waals surface area contributed by atoms with E-state index in [0.29, 0.717) is 23.0 Å². The van der Waals surface area contributed by atoms with Gasteiger partial charge in [0.25, 0.3) is 5.91 Å². The molecule has 1 fully saturated rings. The molecule has 1 saturated carbocycles. The molecule has 3 nitrogen and oxygen atoms in total. The molecule has 0 saturated heterocycles. The number of carbonyl (C=O) groups excluding carboxylic acids is 1. The molecule has 0 spiro atoms. The van der Waals surface area contributed by atoms with Crippen molar-refractivity contribution in [2.75, 3.05) is 6.54 Å². The summed E-state index contributed by atoms with van der Waals surface area (Å²) in [6.45, 7) is 2.54. The zero-order valence-corrected chi connectivity index (χ0v) is 13.3. The Morgan fingerprint density at radius 1 is 1.40 bits per heavy atom. The number of aryl methyl sites for hydroxylation is 1. The molecule has 5 heteroatoms. The van der Waals surface area contributed by atoms with Gasteiger partial charge >= 0.3 is 0 Å². The molecular formula is C15H22Cl2N2O. The number of nitrogens with one attached hydrogen (secondary N) is 1. The molecule has 0 heterocycles. The molecular weight excluding hydrogens is 295 g/mol. The molecule has 2 rings (SSSR count). The van der Waals surface area contributed by atoms with Gasteiger partial charge in [-0.15, -0.1) is 12.4 Å². The lowest BCUT2D eigenvalue weighted by Gasteiger charge is -2.31. The van der Waals surface area contributed by atoms with Gasteiger partial charge in [-0.3, -0.25) is 4.79 Å². The number of halogens is 2. The van der Waals surface area contributed by atoms with Crippen LogP contribution in [0.25, 0.3) is 0 Å². The zero-order chi connectivity index (χ0) is 13.8. The van der Waals surface area contributed by atoms with Crippen LogP contribution in [0.5, 0.6) is 0 Å². The lowest BCUT2D eigenvalue weighted by atomic mass is 9.84. The Hall–Kier alpha value is -0.770. The number of hydrogen-bond acceptors (Lipinski definition) is 2. The summed E-state index contributed by atoms with van der Waals surface area (Å²) in [7, 11) is 0. The van der Waals surface area contributed by atoms with Crippen LogP contribution in [0.2, 0.25) is 5.02 Å². The predicted molar refractivity (Wildman–Crippen MR) is 85.7 cm³/mol. The first-order valence-electron chi connectivity index (χ1n) is 6.89. The second kappa shape index (κ2) is 7.87. The first-order chi connectivity index (χ1) is 9.13. The van der Waals surface area contributed by atoms with Crippen molar-refractivity contribution in [3.63, 3.8) is 0 Å². The van der Waals surface area contributed by atoms with Crippen LogP contribution in [0.3, 0.4) is 0 Å². The van der Waals surface area contributed by atoms with Gasteiger partial charge in [-0.25, -0.2) is 0 Å². The Balaban J connectivity index is 0.00000200. The molecule has 1 aliphatic carbocycles. The highest BCUT2D eigenvalue weighted by molar-refractivity contribution is 6.34. The fourth-order valence-corrected chi connectivity index (χ4v) is 2.96. The quantitative estimate of drug-likeness (QED) is 0.898. The monoisotopic (exact) mass is 316 g/mol. The highest BCUT2D eigenvalue weighted by Crippen LogP contribution is 2.25. The molecule has 0 aliphatic heterocycles. The van der Waals surface area contributed by atoms with Gasteiger partial charge in [0.2, 0.25) is 0 Å². The van der Waals surface area contributed by atoms with E-state index < -0.39 is 0 Å². The van der Waals surface area contributed by atoms with Gasteiger partial charge < -0.3 is 11.1 Å². The molecule has 2 atom stereocenters. The maximum absolute atomic E-state index is 12.3. The van der Waals surface area contributed by atoms with Crippen LogP contribution in [0, 0.1) is 12.8 Å². The van der Waals surface area contributed by atoms with E-state index in [1.54, 1.807) is 6.07 Å². The highest BCUT2D eigenvalue weighted by atomic mass is 35.5. The van der Waals surface area contributed by atoms with E-state index in [1.807, 2.05) is 19.1 Å². The lowest BCUT2D eigenvalue weighted by molar-refractivity contribution is 0.0908. The molecule has 1 aromatic carbocycles. The van der Waals surface area contributed by atoms with E-state index in [2.05, 4.69) is 5.32 Å². The van der Waals surface area contributed by atoms with E-state index in [0.717, 1.165) is 24.8 Å². The number of nitrogens with two attached hydrogens (primary N) is 1. The molecule has 20 heavy (non-hydrogen) atoms. The van der Waals surface area contributed by atoms with E-state index in [-0.39, 0.29) is 24.4 Å². The topological polar surface area (TPSA) is 55.1 Å². The normalized spacial score (nSPS) is 21.9. The Morgan fingerprint density at radius 2 is 2.10 bits per heavy atom. The summed E-state index contributed by atoms with van der Waals surface area (Å²) in [4.78, 5) is 12.3. The average Bonchev–Trinajstić information content (AvgIpc) is 2.42. The lowest BCUT2D eigenvalue weighted by Crippen LogP contribution is -2.44. The molecule has 1 aromatic rings. The Labute approximate surface area is 131 Å². The summed E-state index contributed by atoms with van der Waals surface area (Å²) in [5.41, 5.74) is 7.27. The van der Waals surface area contributed by atoms with E-state index in [9.17, 15) is 4.79 Å². The molecule has 2 unspecified atom stereocenters. The third-order valence-electron chi connectivity index (χ3n) is 3.96. The third kappa shape index (κ3) is 3.87. The Kier molecular flexibility index (Phi) is 6.80. The largest absolute Gasteiger partial charge is 0.349 e. The van der Waals surface area contributed by atoms with Crippen molar-refractivity contribution in [1.82, 2.24) is 5.32 Å². The second-order valence-corrected chi connectivity index (χ2v) is 5.67. The number of carbonyl (C=O) groups is 1. The minimum absolute atomic E-state index is 0. The molecule has 0 bridgehead atoms. The predicted octanol–water partition coefficient (Wildman–Crippen LogP) is 3.32. The number of rotatable bonds is 3. The standard InChI is InChI=1S/C15H21ClN2O.ClH/c1-10-5-4-7-12(14(10)16)15(19)18-13-8-3-2-6-11(13)9-17;/h4-5,7,11,13H,2-3,6,8-9,17H2,1H3,(H,18,19);1H. The minimum atomic E-state index is -0.0842. The molecule has 3 N–H and O–H groups in total. The smallest absolute Gasteiger partial charge is 0.253 e. The number of amides is 1. The molecule has 1 aliphatic rings. The van der Waals surface area contributed by atoms with Crippen LogP contribution in [-0.4, -0.2) is 18.5 Å². The van der Waals surface area contributed by atoms with E-state index in [1.165, 1.54) is 6.42 Å². The van der Waals surface area contributed by atoms with Crippen LogP contribution in [0.1, 0.15) is 41.6 Å². The van der Waals surface area contributed by atoms with Crippen molar-refractivity contribution < 1.29 is 4.79 Å². The first kappa shape index (κ1) is 17.3. The summed E-state index contributed by atoms with van der Waals surface area (Å²) < 4.78 is 0. The van der Waals surface area contributed by atoms with Crippen molar-refractivity contribution >= 4 is 29.9 Å². The van der Waals surface area contributed by atoms with Crippen molar-refractivity contribution in [3.05, 3.63) is 34.3 Å². The summed E-state index contributed by atoms with van der Waals surface area (Å²) in [6, 6.07) is 5.72. The van der Waals surface area contributed by atoms with Gasteiger partial charge in [0.1, 0.15) is 0 Å². The fraction of sp³-hybridized carbons (Fsp3) is 0.533. The van der Waals surface area contributed by atoms with Gasteiger partial charge in [0.05, 0.1) is 10.6 Å². The minimum Gasteiger partial charge on any atom is -0.349 e. The summed E-state index contributed by atoms with van der Waals surface area (Å²) >= 11 is 6.19. The number of hydrogen-bond donors (Lipinski definition) is 2. The Morgan fingerprint density at radius 3 is 2.80 bits per heavy atom. The second-order valence-electron chi connectivity index (χ2n) is 5.30. The van der Waals surface area contributed by atoms with Gasteiger partial charge in [-0.2, -0.15) is 0 Å². The van der Waals surface area contributed by atoms with Crippen LogP contribution in [0.4, 0.5) is 0 Å². The fourth-order valence-electron chi connectivity index (χ4n) is 2.75. The maximum Gasteiger partial charge on any atom is 0.253 e. The third-order valence-corrected chi connectivity index (χ3v) is 4.47. The van der Waals surface area contributed by atoms with Gasteiger partial charge in [-0.05, 0) is 43.9 Å². The van der Waals surface area contributed by atoms with E-state index >= 15 is 0 Å². The Bertz CT molecular complexity index is 465. The van der Waals surface area contributed by atoms with Crippen LogP contribution < -0.4 is 11.1 Å². The van der Waals surface area contributed by atoms with Crippen molar-refractivity contribution in [3.8, 4) is 0 Å². The summed E-state index contributed by atoms with van der Waals surface area (Å²) in [6.07, 6.45) is 4.47. The highest BCUT2D eigenvalue weighted by Gasteiger charge is 2.26. The van der Waals surface area contributed by atoms with E-state index in [4.69, 9.17) is 17.3 Å². The maximum atomic E-state index is 12.3. The SMILES string of the molecule is Cc1cccc(C(=O)NC2CCCCC2CN)c1Cl.Cl. The first-order valence-corrected chi connectivity index (χ1v) is 7.27. The van der Waals surface area contributed by atoms with Gasteiger partial charge in [0, 0.05) is 6.04 Å². The molecule has 0 radical (unpaired) electrons. The van der Waals surface area contributed by atoms with Crippen LogP contribution in [0.15, 0.2) is 18.2 Å². The van der Waals surface area contributed by atoms with Crippen molar-refractivity contribution in [2.24, 2.45) is 11.7 Å². The van der Waals surface area contributed by atoms with Crippen molar-refractivity contribution in [2.45, 2.75) is 38.6 Å². The zero-order valence-electron chi connectivity index (χ0n) is 11.7. The van der Waals surface area contributed by atoms with Gasteiger partial charge in [-0.1, -0.05) is 36.6 Å². The van der Waals surface area contributed by atoms with Gasteiger partial charge in [0.15, 0.2) is 0 Å². The van der Waals surface area contributed by atoms with Crippen molar-refractivity contribution in [1.29, 1.82) is 0 Å². The molecule has 1 amide bonds. The summed E-state index contributed by atoms with van der Waals surface area (Å²) in [5.74, 6) is 0.306. The number of benzene rings is 1. The average molecular weight is 317 g/mol. The summed E-state index contributed by atoms with van der Waals surface area (Å²) in [5, 5.41) is 3.64. The van der Waals surface area contributed by atoms with Crippen LogP contribution in [-0.2, 0) is 0 Å².